The first-order chi connectivity index (χ1) is 13.4. The number of aliphatic hydroxyl groups excluding tert-OH is 2. The molecule has 0 fully saturated rings. The molecular weight excluding hydrogens is 348 g/mol. The predicted molar refractivity (Wildman–Crippen MR) is 134 cm³/mol. The summed E-state index contributed by atoms with van der Waals surface area (Å²) in [5.74, 6) is 0. The summed E-state index contributed by atoms with van der Waals surface area (Å²) in [4.78, 5) is 0. The first kappa shape index (κ1) is 45.4. The van der Waals surface area contributed by atoms with Gasteiger partial charge in [0.1, 0.15) is 0 Å². The summed E-state index contributed by atoms with van der Waals surface area (Å²) in [5, 5.41) is 15.2. The van der Waals surface area contributed by atoms with E-state index in [4.69, 9.17) is 14.9 Å². The van der Waals surface area contributed by atoms with Crippen LogP contribution in [0.2, 0.25) is 0 Å². The molecule has 0 bridgehead atoms. The molecular formula is C25H54O3. The topological polar surface area (TPSA) is 49.7 Å². The molecule has 2 N–H and O–H groups in total. The molecule has 0 unspecified atom stereocenters. The molecule has 0 saturated heterocycles. The lowest BCUT2D eigenvalue weighted by Gasteiger charge is -1.99. The van der Waals surface area contributed by atoms with E-state index in [0.717, 1.165) is 13.2 Å². The molecule has 0 aromatic carbocycles. The van der Waals surface area contributed by atoms with Crippen molar-refractivity contribution in [3.8, 4) is 0 Å². The van der Waals surface area contributed by atoms with Crippen molar-refractivity contribution >= 4 is 0 Å². The van der Waals surface area contributed by atoms with E-state index in [1.54, 1.807) is 30.4 Å². The SMILES string of the molecule is C=CC.C=CC.C=CC.C=CC.C=CC.CCCCOCCCC.OCCO. The van der Waals surface area contributed by atoms with E-state index in [1.807, 2.05) is 34.6 Å². The number of hydrogen-bond acceptors (Lipinski definition) is 3. The third-order valence-corrected chi connectivity index (χ3v) is 1.38. The van der Waals surface area contributed by atoms with Crippen LogP contribution < -0.4 is 0 Å². The summed E-state index contributed by atoms with van der Waals surface area (Å²) in [6.07, 6.45) is 13.7. The van der Waals surface area contributed by atoms with E-state index in [0.29, 0.717) is 0 Å². The van der Waals surface area contributed by atoms with Gasteiger partial charge in [-0.05, 0) is 47.5 Å². The normalized spacial score (nSPS) is 6.61. The lowest BCUT2D eigenvalue weighted by atomic mass is 10.3. The first-order valence-electron chi connectivity index (χ1n) is 10.1. The number of aliphatic hydroxyl groups is 2. The zero-order chi connectivity index (χ0) is 23.9. The number of rotatable bonds is 7. The van der Waals surface area contributed by atoms with Gasteiger partial charge in [-0.15, -0.1) is 32.9 Å². The van der Waals surface area contributed by atoms with Gasteiger partial charge in [0.25, 0.3) is 0 Å². The molecule has 3 nitrogen and oxygen atoms in total. The van der Waals surface area contributed by atoms with Crippen LogP contribution in [0.1, 0.15) is 74.1 Å². The minimum atomic E-state index is -0.125. The third kappa shape index (κ3) is 439. The molecule has 3 heteroatoms. The first-order valence-corrected chi connectivity index (χ1v) is 10.1. The van der Waals surface area contributed by atoms with Gasteiger partial charge in [-0.2, -0.15) is 0 Å². The molecule has 0 aromatic rings. The van der Waals surface area contributed by atoms with Gasteiger partial charge >= 0.3 is 0 Å². The van der Waals surface area contributed by atoms with E-state index < -0.39 is 0 Å². The highest BCUT2D eigenvalue weighted by Gasteiger charge is 1.84. The maximum atomic E-state index is 7.62. The molecule has 28 heavy (non-hydrogen) atoms. The Morgan fingerprint density at radius 2 is 0.750 bits per heavy atom. The van der Waals surface area contributed by atoms with E-state index in [1.165, 1.54) is 25.7 Å². The van der Waals surface area contributed by atoms with Crippen LogP contribution in [-0.4, -0.2) is 36.6 Å². The number of hydrogen-bond donors (Lipinski definition) is 2. The van der Waals surface area contributed by atoms with Gasteiger partial charge in [0, 0.05) is 13.2 Å². The Hall–Kier alpha value is -1.42. The number of unbranched alkanes of at least 4 members (excludes halogenated alkanes) is 2. The molecule has 0 spiro atoms. The highest BCUT2D eigenvalue weighted by atomic mass is 16.5. The monoisotopic (exact) mass is 402 g/mol. The Bertz CT molecular complexity index is 181. The fraction of sp³-hybridized carbons (Fsp3) is 0.600. The van der Waals surface area contributed by atoms with Crippen LogP contribution in [0.3, 0.4) is 0 Å². The van der Waals surface area contributed by atoms with Gasteiger partial charge in [-0.1, -0.05) is 57.1 Å². The lowest BCUT2D eigenvalue weighted by Crippen LogP contribution is -1.95. The molecule has 0 saturated carbocycles. The highest BCUT2D eigenvalue weighted by Crippen LogP contribution is 1.91. The summed E-state index contributed by atoms with van der Waals surface area (Å²) < 4.78 is 5.31. The Labute approximate surface area is 179 Å². The van der Waals surface area contributed by atoms with Gasteiger partial charge < -0.3 is 14.9 Å². The van der Waals surface area contributed by atoms with Crippen molar-refractivity contribution < 1.29 is 14.9 Å². The second kappa shape index (κ2) is 97.7. The van der Waals surface area contributed by atoms with E-state index in [9.17, 15) is 0 Å². The van der Waals surface area contributed by atoms with Crippen LogP contribution in [0.15, 0.2) is 63.3 Å². The summed E-state index contributed by atoms with van der Waals surface area (Å²) >= 11 is 0. The second-order valence-electron chi connectivity index (χ2n) is 4.81. The Morgan fingerprint density at radius 3 is 0.857 bits per heavy atom. The fourth-order valence-electron chi connectivity index (χ4n) is 0.595. The van der Waals surface area contributed by atoms with Crippen molar-refractivity contribution in [2.75, 3.05) is 26.4 Å². The smallest absolute Gasteiger partial charge is 0.0662 e. The Balaban J connectivity index is -0.0000000397. The second-order valence-corrected chi connectivity index (χ2v) is 4.81. The maximum Gasteiger partial charge on any atom is 0.0662 e. The van der Waals surface area contributed by atoms with Crippen LogP contribution >= 0.6 is 0 Å². The van der Waals surface area contributed by atoms with Crippen molar-refractivity contribution in [3.05, 3.63) is 63.3 Å². The minimum absolute atomic E-state index is 0.125. The quantitative estimate of drug-likeness (QED) is 0.341. The summed E-state index contributed by atoms with van der Waals surface area (Å²) in [5.41, 5.74) is 0. The fourth-order valence-corrected chi connectivity index (χ4v) is 0.595. The zero-order valence-electron chi connectivity index (χ0n) is 20.4. The molecule has 0 radical (unpaired) electrons. The zero-order valence-corrected chi connectivity index (χ0v) is 20.4. The van der Waals surface area contributed by atoms with Gasteiger partial charge in [-0.25, -0.2) is 0 Å². The van der Waals surface area contributed by atoms with Crippen molar-refractivity contribution in [2.45, 2.75) is 74.1 Å². The van der Waals surface area contributed by atoms with Crippen LogP contribution in [0, 0.1) is 0 Å². The van der Waals surface area contributed by atoms with Crippen LogP contribution in [-0.2, 0) is 4.74 Å². The average Bonchev–Trinajstić information content (AvgIpc) is 2.65. The predicted octanol–water partition coefficient (Wildman–Crippen LogP) is 7.54. The molecule has 0 aliphatic heterocycles. The van der Waals surface area contributed by atoms with Crippen molar-refractivity contribution in [2.24, 2.45) is 0 Å². The molecule has 0 aliphatic carbocycles. The highest BCUT2D eigenvalue weighted by molar-refractivity contribution is 4.52. The van der Waals surface area contributed by atoms with Crippen LogP contribution in [0.25, 0.3) is 0 Å². The lowest BCUT2D eigenvalue weighted by molar-refractivity contribution is 0.128. The average molecular weight is 403 g/mol. The summed E-state index contributed by atoms with van der Waals surface area (Å²) in [7, 11) is 0. The van der Waals surface area contributed by atoms with Crippen LogP contribution in [0.4, 0.5) is 0 Å². The number of ether oxygens (including phenoxy) is 1. The van der Waals surface area contributed by atoms with Crippen LogP contribution in [0.5, 0.6) is 0 Å². The van der Waals surface area contributed by atoms with Crippen molar-refractivity contribution in [3.63, 3.8) is 0 Å². The minimum Gasteiger partial charge on any atom is -0.394 e. The van der Waals surface area contributed by atoms with Gasteiger partial charge in [0.15, 0.2) is 0 Å². The van der Waals surface area contributed by atoms with E-state index in [-0.39, 0.29) is 13.2 Å². The third-order valence-electron chi connectivity index (χ3n) is 1.38. The van der Waals surface area contributed by atoms with E-state index in [2.05, 4.69) is 46.7 Å². The molecule has 0 atom stereocenters. The van der Waals surface area contributed by atoms with Gasteiger partial charge in [0.2, 0.25) is 0 Å². The Kier molecular flexibility index (Phi) is 158. The van der Waals surface area contributed by atoms with Gasteiger partial charge in [-0.3, -0.25) is 0 Å². The molecule has 172 valence electrons. The molecule has 0 aromatic heterocycles. The molecule has 0 rings (SSSR count). The number of allylic oxidation sites excluding steroid dienone is 5. The largest absolute Gasteiger partial charge is 0.394 e. The van der Waals surface area contributed by atoms with Gasteiger partial charge in [0.05, 0.1) is 13.2 Å². The summed E-state index contributed by atoms with van der Waals surface area (Å²) in [6.45, 7) is 32.3. The molecule has 0 aliphatic rings. The maximum absolute atomic E-state index is 7.62. The molecule has 0 amide bonds. The Morgan fingerprint density at radius 1 is 0.571 bits per heavy atom. The summed E-state index contributed by atoms with van der Waals surface area (Å²) in [6, 6.07) is 0. The van der Waals surface area contributed by atoms with Crippen molar-refractivity contribution in [1.82, 2.24) is 0 Å². The standard InChI is InChI=1S/C8H18O.5C3H6.C2H6O2/c1-3-5-7-9-8-6-4-2;5*1-3-2;3-1-2-4/h3-8H2,1-2H3;5*3H,1H2,2H3;3-4H,1-2H2. The van der Waals surface area contributed by atoms with Crippen molar-refractivity contribution in [1.29, 1.82) is 0 Å². The molecule has 0 heterocycles. The van der Waals surface area contributed by atoms with E-state index >= 15 is 0 Å².